The molecule has 112 valence electrons. The van der Waals surface area contributed by atoms with Crippen molar-refractivity contribution in [3.05, 3.63) is 48.0 Å². The quantitative estimate of drug-likeness (QED) is 0.719. The van der Waals surface area contributed by atoms with Crippen LogP contribution in [0.4, 0.5) is 17.2 Å². The van der Waals surface area contributed by atoms with Crippen LogP contribution < -0.4 is 15.8 Å². The second kappa shape index (κ2) is 5.90. The molecule has 0 saturated heterocycles. The Morgan fingerprint density at radius 1 is 1.32 bits per heavy atom. The molecule has 0 saturated carbocycles. The average Bonchev–Trinajstić information content (AvgIpc) is 2.88. The monoisotopic (exact) mass is 316 g/mol. The summed E-state index contributed by atoms with van der Waals surface area (Å²) in [4.78, 5) is 8.35. The summed E-state index contributed by atoms with van der Waals surface area (Å²) in [5.41, 5.74) is 7.09. The maximum absolute atomic E-state index is 6.02. The third kappa shape index (κ3) is 3.26. The smallest absolute Gasteiger partial charge is 0.259 e. The van der Waals surface area contributed by atoms with Crippen molar-refractivity contribution in [2.75, 3.05) is 11.1 Å². The lowest BCUT2D eigenvalue weighted by Gasteiger charge is -2.08. The van der Waals surface area contributed by atoms with Crippen LogP contribution in [0, 0.1) is 0 Å². The standard InChI is InChI=1S/C14H13ClN6O/c1-21-8-10(6-18-21)19-12-7-17-13(15)14(20-12)22-11-4-2-3-9(16)5-11/h2-8H,16H2,1H3,(H,19,20). The molecule has 0 aliphatic rings. The normalized spacial score (nSPS) is 10.5. The second-order valence-corrected chi connectivity index (χ2v) is 4.91. The van der Waals surface area contributed by atoms with Gasteiger partial charge in [-0.15, -0.1) is 0 Å². The number of hydrogen-bond donors (Lipinski definition) is 2. The van der Waals surface area contributed by atoms with Gasteiger partial charge in [0.1, 0.15) is 5.75 Å². The number of nitrogen functional groups attached to an aromatic ring is 1. The van der Waals surface area contributed by atoms with Crippen LogP contribution in [0.5, 0.6) is 11.6 Å². The van der Waals surface area contributed by atoms with Crippen LogP contribution in [-0.4, -0.2) is 19.7 Å². The molecule has 0 aliphatic heterocycles. The molecule has 8 heteroatoms. The van der Waals surface area contributed by atoms with Gasteiger partial charge in [-0.1, -0.05) is 17.7 Å². The first-order chi connectivity index (χ1) is 10.6. The van der Waals surface area contributed by atoms with E-state index < -0.39 is 0 Å². The fourth-order valence-electron chi connectivity index (χ4n) is 1.81. The van der Waals surface area contributed by atoms with E-state index in [4.69, 9.17) is 22.1 Å². The molecule has 0 spiro atoms. The largest absolute Gasteiger partial charge is 0.436 e. The van der Waals surface area contributed by atoms with E-state index in [1.165, 1.54) is 6.20 Å². The number of ether oxygens (including phenoxy) is 1. The van der Waals surface area contributed by atoms with E-state index >= 15 is 0 Å². The number of aromatic nitrogens is 4. The van der Waals surface area contributed by atoms with E-state index in [0.29, 0.717) is 17.3 Å². The van der Waals surface area contributed by atoms with Crippen LogP contribution in [0.15, 0.2) is 42.9 Å². The SMILES string of the molecule is Cn1cc(Nc2cnc(Cl)c(Oc3cccc(N)c3)n2)cn1. The Hall–Kier alpha value is -2.80. The number of benzene rings is 1. The predicted octanol–water partition coefficient (Wildman–Crippen LogP) is 2.98. The van der Waals surface area contributed by atoms with Crippen molar-refractivity contribution >= 4 is 28.8 Å². The minimum absolute atomic E-state index is 0.166. The first-order valence-corrected chi connectivity index (χ1v) is 6.79. The summed E-state index contributed by atoms with van der Waals surface area (Å²) in [6.45, 7) is 0. The van der Waals surface area contributed by atoms with Crippen molar-refractivity contribution in [1.82, 2.24) is 19.7 Å². The Morgan fingerprint density at radius 3 is 2.91 bits per heavy atom. The first kappa shape index (κ1) is 14.2. The van der Waals surface area contributed by atoms with Crippen molar-refractivity contribution in [2.24, 2.45) is 7.05 Å². The van der Waals surface area contributed by atoms with Crippen LogP contribution in [-0.2, 0) is 7.05 Å². The maximum atomic E-state index is 6.02. The molecular formula is C14H13ClN6O. The molecular weight excluding hydrogens is 304 g/mol. The van der Waals surface area contributed by atoms with E-state index in [0.717, 1.165) is 5.69 Å². The van der Waals surface area contributed by atoms with Gasteiger partial charge in [0.25, 0.3) is 5.88 Å². The van der Waals surface area contributed by atoms with Gasteiger partial charge in [0.15, 0.2) is 11.0 Å². The first-order valence-electron chi connectivity index (χ1n) is 6.42. The minimum atomic E-state index is 0.166. The van der Waals surface area contributed by atoms with Crippen LogP contribution >= 0.6 is 11.6 Å². The highest BCUT2D eigenvalue weighted by molar-refractivity contribution is 6.30. The number of nitrogens with two attached hydrogens (primary N) is 1. The van der Waals surface area contributed by atoms with Crippen molar-refractivity contribution in [1.29, 1.82) is 0 Å². The highest BCUT2D eigenvalue weighted by atomic mass is 35.5. The third-order valence-electron chi connectivity index (χ3n) is 2.75. The molecule has 3 N–H and O–H groups in total. The topological polar surface area (TPSA) is 90.9 Å². The Labute approximate surface area is 131 Å². The molecule has 2 aromatic heterocycles. The number of aryl methyl sites for hydroxylation is 1. The van der Waals surface area contributed by atoms with Gasteiger partial charge in [-0.3, -0.25) is 4.68 Å². The number of anilines is 3. The van der Waals surface area contributed by atoms with Crippen molar-refractivity contribution in [2.45, 2.75) is 0 Å². The molecule has 0 bridgehead atoms. The van der Waals surface area contributed by atoms with Gasteiger partial charge in [0.05, 0.1) is 18.1 Å². The van der Waals surface area contributed by atoms with E-state index in [1.54, 1.807) is 35.1 Å². The van der Waals surface area contributed by atoms with Gasteiger partial charge in [-0.25, -0.2) is 4.98 Å². The molecule has 0 unspecified atom stereocenters. The third-order valence-corrected chi connectivity index (χ3v) is 3.01. The predicted molar refractivity (Wildman–Crippen MR) is 84.5 cm³/mol. The second-order valence-electron chi connectivity index (χ2n) is 4.55. The van der Waals surface area contributed by atoms with Crippen LogP contribution in [0.2, 0.25) is 5.15 Å². The molecule has 7 nitrogen and oxygen atoms in total. The van der Waals surface area contributed by atoms with Gasteiger partial charge in [-0.2, -0.15) is 10.1 Å². The summed E-state index contributed by atoms with van der Waals surface area (Å²) in [5.74, 6) is 1.23. The number of rotatable bonds is 4. The minimum Gasteiger partial charge on any atom is -0.436 e. The van der Waals surface area contributed by atoms with E-state index in [1.807, 2.05) is 13.2 Å². The highest BCUT2D eigenvalue weighted by Crippen LogP contribution is 2.28. The van der Waals surface area contributed by atoms with E-state index in [9.17, 15) is 0 Å². The van der Waals surface area contributed by atoms with Gasteiger partial charge >= 0.3 is 0 Å². The van der Waals surface area contributed by atoms with Gasteiger partial charge < -0.3 is 15.8 Å². The zero-order valence-corrected chi connectivity index (χ0v) is 12.4. The zero-order chi connectivity index (χ0) is 15.5. The van der Waals surface area contributed by atoms with Crippen molar-refractivity contribution < 1.29 is 4.74 Å². The Bertz CT molecular complexity index is 804. The highest BCUT2D eigenvalue weighted by Gasteiger charge is 2.09. The van der Waals surface area contributed by atoms with Crippen LogP contribution in [0.3, 0.4) is 0 Å². The Balaban J connectivity index is 1.83. The van der Waals surface area contributed by atoms with Crippen LogP contribution in [0.25, 0.3) is 0 Å². The van der Waals surface area contributed by atoms with Crippen LogP contribution in [0.1, 0.15) is 0 Å². The number of nitrogens with zero attached hydrogens (tertiary/aromatic N) is 4. The summed E-state index contributed by atoms with van der Waals surface area (Å²) in [7, 11) is 1.83. The fourth-order valence-corrected chi connectivity index (χ4v) is 1.94. The summed E-state index contributed by atoms with van der Waals surface area (Å²) < 4.78 is 7.30. The lowest BCUT2D eigenvalue weighted by molar-refractivity contribution is 0.461. The molecule has 2 heterocycles. The molecule has 0 amide bonds. The number of nitrogens with one attached hydrogen (secondary N) is 1. The Kier molecular flexibility index (Phi) is 3.80. The molecule has 3 aromatic rings. The molecule has 22 heavy (non-hydrogen) atoms. The summed E-state index contributed by atoms with van der Waals surface area (Å²) in [5, 5.41) is 7.30. The van der Waals surface area contributed by atoms with E-state index in [2.05, 4.69) is 20.4 Å². The molecule has 0 radical (unpaired) electrons. The van der Waals surface area contributed by atoms with Gasteiger partial charge in [-0.05, 0) is 12.1 Å². The molecule has 3 rings (SSSR count). The Morgan fingerprint density at radius 2 is 2.18 bits per heavy atom. The summed E-state index contributed by atoms with van der Waals surface area (Å²) in [6.07, 6.45) is 5.00. The van der Waals surface area contributed by atoms with E-state index in [-0.39, 0.29) is 11.0 Å². The maximum Gasteiger partial charge on any atom is 0.259 e. The molecule has 0 atom stereocenters. The van der Waals surface area contributed by atoms with Crippen molar-refractivity contribution in [3.63, 3.8) is 0 Å². The average molecular weight is 317 g/mol. The summed E-state index contributed by atoms with van der Waals surface area (Å²) >= 11 is 6.02. The molecule has 0 fully saturated rings. The molecule has 0 aliphatic carbocycles. The summed E-state index contributed by atoms with van der Waals surface area (Å²) in [6, 6.07) is 6.99. The lowest BCUT2D eigenvalue weighted by atomic mass is 10.3. The fraction of sp³-hybridized carbons (Fsp3) is 0.0714. The zero-order valence-electron chi connectivity index (χ0n) is 11.7. The molecule has 1 aromatic carbocycles. The van der Waals surface area contributed by atoms with Gasteiger partial charge in [0.2, 0.25) is 0 Å². The van der Waals surface area contributed by atoms with Gasteiger partial charge in [0, 0.05) is 25.0 Å². The number of halogens is 1. The van der Waals surface area contributed by atoms with Crippen molar-refractivity contribution in [3.8, 4) is 11.6 Å². The number of hydrogen-bond acceptors (Lipinski definition) is 6. The lowest BCUT2D eigenvalue weighted by Crippen LogP contribution is -1.98.